The Hall–Kier alpha value is -2.90. The van der Waals surface area contributed by atoms with Gasteiger partial charge in [0.05, 0.1) is 11.0 Å². The van der Waals surface area contributed by atoms with Crippen LogP contribution in [0.1, 0.15) is 70.3 Å². The molecule has 4 amide bonds. The van der Waals surface area contributed by atoms with Gasteiger partial charge >= 0.3 is 6.03 Å². The Morgan fingerprint density at radius 3 is 2.65 bits per heavy atom. The van der Waals surface area contributed by atoms with Gasteiger partial charge in [0.25, 0.3) is 5.91 Å². The molecule has 8 heteroatoms. The van der Waals surface area contributed by atoms with Gasteiger partial charge in [-0.25, -0.2) is 9.78 Å². The Morgan fingerprint density at radius 1 is 1.13 bits per heavy atom. The number of imidazole rings is 1. The van der Waals surface area contributed by atoms with Crippen molar-refractivity contribution >= 4 is 34.8 Å². The zero-order valence-corrected chi connectivity index (χ0v) is 17.7. The summed E-state index contributed by atoms with van der Waals surface area (Å²) < 4.78 is 2.17. The molecule has 2 saturated carbocycles. The van der Waals surface area contributed by atoms with Crippen molar-refractivity contribution in [2.24, 2.45) is 0 Å². The molecule has 1 aromatic carbocycles. The van der Waals surface area contributed by atoms with E-state index >= 15 is 0 Å². The van der Waals surface area contributed by atoms with Crippen LogP contribution in [0.15, 0.2) is 24.3 Å². The highest BCUT2D eigenvalue weighted by atomic mass is 16.2. The second kappa shape index (κ2) is 7.98. The third-order valence-corrected chi connectivity index (χ3v) is 7.03. The lowest BCUT2D eigenvalue weighted by Gasteiger charge is -2.20. The van der Waals surface area contributed by atoms with Gasteiger partial charge in [-0.1, -0.05) is 37.8 Å². The molecule has 2 N–H and O–H groups in total. The first-order chi connectivity index (χ1) is 15.1. The number of amides is 4. The Bertz CT molecular complexity index is 1020. The van der Waals surface area contributed by atoms with Crippen LogP contribution in [-0.2, 0) is 9.59 Å². The van der Waals surface area contributed by atoms with Gasteiger partial charge in [0.1, 0.15) is 5.54 Å². The highest BCUT2D eigenvalue weighted by Crippen LogP contribution is 2.36. The fourth-order valence-electron chi connectivity index (χ4n) is 5.45. The standard InChI is InChI=1S/C23H29N5O3/c29-19(12-7-15-27-20(30)23(26-22(27)31)13-5-6-14-23)25-21-24-17-10-3-4-11-18(17)28(21)16-8-1-2-9-16/h3-4,10-11,16H,1-2,5-9,12-15H2,(H,26,31)(H,24,25,29). The molecule has 31 heavy (non-hydrogen) atoms. The number of carbonyl (C=O) groups excluding carboxylic acids is 3. The number of urea groups is 1. The van der Waals surface area contributed by atoms with E-state index in [9.17, 15) is 14.4 Å². The highest BCUT2D eigenvalue weighted by molar-refractivity contribution is 6.07. The minimum atomic E-state index is -0.689. The van der Waals surface area contributed by atoms with Crippen LogP contribution in [0.2, 0.25) is 0 Å². The van der Waals surface area contributed by atoms with Crippen LogP contribution >= 0.6 is 0 Å². The molecule has 0 atom stereocenters. The number of fused-ring (bicyclic) bond motifs is 1. The van der Waals surface area contributed by atoms with Crippen LogP contribution < -0.4 is 10.6 Å². The first-order valence-corrected chi connectivity index (χ1v) is 11.5. The number of hydrogen-bond acceptors (Lipinski definition) is 4. The van der Waals surface area contributed by atoms with Gasteiger partial charge in [-0.05, 0) is 44.2 Å². The third-order valence-electron chi connectivity index (χ3n) is 7.03. The molecule has 3 fully saturated rings. The van der Waals surface area contributed by atoms with Crippen molar-refractivity contribution in [3.8, 4) is 0 Å². The average molecular weight is 424 g/mol. The van der Waals surface area contributed by atoms with Crippen LogP contribution in [0.4, 0.5) is 10.7 Å². The van der Waals surface area contributed by atoms with E-state index in [2.05, 4.69) is 20.2 Å². The molecule has 164 valence electrons. The van der Waals surface area contributed by atoms with E-state index in [1.807, 2.05) is 24.3 Å². The van der Waals surface area contributed by atoms with Gasteiger partial charge in [-0.15, -0.1) is 0 Å². The lowest BCUT2D eigenvalue weighted by Crippen LogP contribution is -2.44. The van der Waals surface area contributed by atoms with Crippen LogP contribution in [0.3, 0.4) is 0 Å². The fourth-order valence-corrected chi connectivity index (χ4v) is 5.45. The van der Waals surface area contributed by atoms with E-state index in [1.165, 1.54) is 17.7 Å². The molecule has 8 nitrogen and oxygen atoms in total. The number of hydrogen-bond donors (Lipinski definition) is 2. The molecular weight excluding hydrogens is 394 g/mol. The van der Waals surface area contributed by atoms with Crippen molar-refractivity contribution < 1.29 is 14.4 Å². The Labute approximate surface area is 181 Å². The zero-order valence-electron chi connectivity index (χ0n) is 17.7. The summed E-state index contributed by atoms with van der Waals surface area (Å²) in [7, 11) is 0. The summed E-state index contributed by atoms with van der Waals surface area (Å²) in [6, 6.07) is 8.00. The number of nitrogens with zero attached hydrogens (tertiary/aromatic N) is 3. The predicted molar refractivity (Wildman–Crippen MR) is 117 cm³/mol. The maximum absolute atomic E-state index is 12.7. The predicted octanol–water partition coefficient (Wildman–Crippen LogP) is 3.73. The molecule has 1 saturated heterocycles. The maximum Gasteiger partial charge on any atom is 0.325 e. The molecule has 1 aromatic heterocycles. The summed E-state index contributed by atoms with van der Waals surface area (Å²) >= 11 is 0. The molecule has 0 bridgehead atoms. The van der Waals surface area contributed by atoms with E-state index in [1.54, 1.807) is 0 Å². The summed E-state index contributed by atoms with van der Waals surface area (Å²) in [5.74, 6) is 0.327. The smallest absolute Gasteiger partial charge is 0.323 e. The second-order valence-corrected chi connectivity index (χ2v) is 9.06. The zero-order chi connectivity index (χ0) is 21.4. The summed E-state index contributed by atoms with van der Waals surface area (Å²) in [6.07, 6.45) is 8.60. The van der Waals surface area contributed by atoms with Gasteiger partial charge in [0.2, 0.25) is 11.9 Å². The third kappa shape index (κ3) is 3.58. The van der Waals surface area contributed by atoms with Gasteiger partial charge in [-0.2, -0.15) is 0 Å². The van der Waals surface area contributed by atoms with Gasteiger partial charge < -0.3 is 9.88 Å². The van der Waals surface area contributed by atoms with Crippen molar-refractivity contribution in [2.75, 3.05) is 11.9 Å². The van der Waals surface area contributed by atoms with Gasteiger partial charge in [0.15, 0.2) is 0 Å². The molecule has 0 unspecified atom stereocenters. The number of para-hydroxylation sites is 2. The SMILES string of the molecule is O=C(CCCN1C(=O)NC2(CCCC2)C1=O)Nc1nc2ccccc2n1C1CCCC1. The van der Waals surface area contributed by atoms with Crippen molar-refractivity contribution in [2.45, 2.75) is 75.8 Å². The topological polar surface area (TPSA) is 96.3 Å². The minimum Gasteiger partial charge on any atom is -0.323 e. The average Bonchev–Trinajstić information content (AvgIpc) is 3.52. The molecular formula is C23H29N5O3. The normalized spacial score (nSPS) is 20.8. The van der Waals surface area contributed by atoms with E-state index < -0.39 is 5.54 Å². The molecule has 2 aromatic rings. The minimum absolute atomic E-state index is 0.126. The first-order valence-electron chi connectivity index (χ1n) is 11.5. The van der Waals surface area contributed by atoms with Crippen molar-refractivity contribution in [1.82, 2.24) is 19.8 Å². The summed E-state index contributed by atoms with van der Waals surface area (Å²) in [5, 5.41) is 5.87. The first kappa shape index (κ1) is 20.0. The van der Waals surface area contributed by atoms with Crippen LogP contribution in [0.5, 0.6) is 0 Å². The molecule has 1 aliphatic heterocycles. The molecule has 5 rings (SSSR count). The monoisotopic (exact) mass is 423 g/mol. The summed E-state index contributed by atoms with van der Waals surface area (Å²) in [6.45, 7) is 0.263. The van der Waals surface area contributed by atoms with Crippen molar-refractivity contribution in [1.29, 1.82) is 0 Å². The largest absolute Gasteiger partial charge is 0.325 e. The second-order valence-electron chi connectivity index (χ2n) is 9.06. The molecule has 2 aliphatic carbocycles. The van der Waals surface area contributed by atoms with Gasteiger partial charge in [0, 0.05) is 19.0 Å². The van der Waals surface area contributed by atoms with Gasteiger partial charge in [-0.3, -0.25) is 19.8 Å². The lowest BCUT2D eigenvalue weighted by atomic mass is 9.98. The molecule has 3 aliphatic rings. The number of anilines is 1. The number of imide groups is 1. The molecule has 2 heterocycles. The van der Waals surface area contributed by atoms with Crippen molar-refractivity contribution in [3.63, 3.8) is 0 Å². The Morgan fingerprint density at radius 2 is 1.87 bits per heavy atom. The summed E-state index contributed by atoms with van der Waals surface area (Å²) in [5.41, 5.74) is 1.24. The number of carbonyl (C=O) groups is 3. The van der Waals surface area contributed by atoms with E-state index in [0.29, 0.717) is 31.3 Å². The number of benzene rings is 1. The van der Waals surface area contributed by atoms with Crippen molar-refractivity contribution in [3.05, 3.63) is 24.3 Å². The lowest BCUT2D eigenvalue weighted by molar-refractivity contribution is -0.131. The number of aromatic nitrogens is 2. The summed E-state index contributed by atoms with van der Waals surface area (Å²) in [4.78, 5) is 43.6. The Balaban J connectivity index is 1.22. The van der Waals surface area contributed by atoms with Crippen LogP contribution in [0, 0.1) is 0 Å². The fraction of sp³-hybridized carbons (Fsp3) is 0.565. The maximum atomic E-state index is 12.7. The number of rotatable bonds is 6. The highest BCUT2D eigenvalue weighted by Gasteiger charge is 2.52. The number of nitrogens with one attached hydrogen (secondary N) is 2. The van der Waals surface area contributed by atoms with E-state index in [-0.39, 0.29) is 30.8 Å². The quantitative estimate of drug-likeness (QED) is 0.692. The Kier molecular flexibility index (Phi) is 5.16. The van der Waals surface area contributed by atoms with Crippen LogP contribution in [-0.4, -0.2) is 44.4 Å². The van der Waals surface area contributed by atoms with E-state index in [4.69, 9.17) is 0 Å². The molecule has 1 spiro atoms. The van der Waals surface area contributed by atoms with Crippen LogP contribution in [0.25, 0.3) is 11.0 Å². The van der Waals surface area contributed by atoms with E-state index in [0.717, 1.165) is 36.7 Å². The molecule has 0 radical (unpaired) electrons.